The summed E-state index contributed by atoms with van der Waals surface area (Å²) in [5.41, 5.74) is 7.06. The Labute approximate surface area is 166 Å². The predicted octanol–water partition coefficient (Wildman–Crippen LogP) is 4.40. The zero-order valence-electron chi connectivity index (χ0n) is 15.9. The molecule has 0 saturated carbocycles. The molecule has 1 fully saturated rings. The van der Waals surface area contributed by atoms with E-state index in [2.05, 4.69) is 34.5 Å². The SMILES string of the molecule is C/C(=N/NC(=O)C1CCN(Cc2ccc(Cl)cc2)CC1)c1ccc(C)cc1. The second-order valence-corrected chi connectivity index (χ2v) is 7.65. The molecule has 27 heavy (non-hydrogen) atoms. The van der Waals surface area contributed by atoms with E-state index in [1.54, 1.807) is 0 Å². The van der Waals surface area contributed by atoms with Crippen LogP contribution in [0.1, 0.15) is 36.5 Å². The molecule has 1 saturated heterocycles. The van der Waals surface area contributed by atoms with Crippen molar-refractivity contribution in [2.24, 2.45) is 11.0 Å². The third-order valence-corrected chi connectivity index (χ3v) is 5.33. The summed E-state index contributed by atoms with van der Waals surface area (Å²) < 4.78 is 0. The van der Waals surface area contributed by atoms with Crippen LogP contribution in [0.3, 0.4) is 0 Å². The zero-order chi connectivity index (χ0) is 19.2. The minimum atomic E-state index is 0.0209. The van der Waals surface area contributed by atoms with Crippen LogP contribution in [0.4, 0.5) is 0 Å². The van der Waals surface area contributed by atoms with E-state index >= 15 is 0 Å². The van der Waals surface area contributed by atoms with Gasteiger partial charge in [0.15, 0.2) is 0 Å². The molecule has 2 aromatic rings. The van der Waals surface area contributed by atoms with Crippen LogP contribution in [0.15, 0.2) is 53.6 Å². The highest BCUT2D eigenvalue weighted by Crippen LogP contribution is 2.20. The van der Waals surface area contributed by atoms with E-state index in [-0.39, 0.29) is 11.8 Å². The zero-order valence-corrected chi connectivity index (χ0v) is 16.7. The number of piperidine rings is 1. The van der Waals surface area contributed by atoms with Crippen molar-refractivity contribution in [1.29, 1.82) is 0 Å². The van der Waals surface area contributed by atoms with Crippen molar-refractivity contribution in [3.63, 3.8) is 0 Å². The molecule has 0 spiro atoms. The molecular formula is C22H26ClN3O. The number of nitrogens with zero attached hydrogens (tertiary/aromatic N) is 2. The number of nitrogens with one attached hydrogen (secondary N) is 1. The summed E-state index contributed by atoms with van der Waals surface area (Å²) in [6, 6.07) is 16.1. The maximum Gasteiger partial charge on any atom is 0.243 e. The van der Waals surface area contributed by atoms with Crippen LogP contribution in [0.5, 0.6) is 0 Å². The average Bonchev–Trinajstić information content (AvgIpc) is 2.69. The quantitative estimate of drug-likeness (QED) is 0.614. The summed E-state index contributed by atoms with van der Waals surface area (Å²) in [6.45, 7) is 6.70. The van der Waals surface area contributed by atoms with Gasteiger partial charge in [0.1, 0.15) is 0 Å². The summed E-state index contributed by atoms with van der Waals surface area (Å²) in [5.74, 6) is 0.0497. The topological polar surface area (TPSA) is 44.7 Å². The number of hydrogen-bond acceptors (Lipinski definition) is 3. The maximum atomic E-state index is 12.4. The molecule has 1 heterocycles. The van der Waals surface area contributed by atoms with Gasteiger partial charge in [-0.25, -0.2) is 5.43 Å². The second-order valence-electron chi connectivity index (χ2n) is 7.22. The molecule has 1 N–H and O–H groups in total. The molecule has 0 unspecified atom stereocenters. The fourth-order valence-corrected chi connectivity index (χ4v) is 3.42. The minimum Gasteiger partial charge on any atom is -0.299 e. The van der Waals surface area contributed by atoms with Crippen LogP contribution in [-0.2, 0) is 11.3 Å². The van der Waals surface area contributed by atoms with Gasteiger partial charge in [0.05, 0.1) is 5.71 Å². The highest BCUT2D eigenvalue weighted by atomic mass is 35.5. The van der Waals surface area contributed by atoms with E-state index < -0.39 is 0 Å². The lowest BCUT2D eigenvalue weighted by atomic mass is 9.96. The lowest BCUT2D eigenvalue weighted by Gasteiger charge is -2.30. The first kappa shape index (κ1) is 19.6. The van der Waals surface area contributed by atoms with Gasteiger partial charge in [-0.3, -0.25) is 9.69 Å². The van der Waals surface area contributed by atoms with Crippen molar-refractivity contribution in [1.82, 2.24) is 10.3 Å². The van der Waals surface area contributed by atoms with Crippen molar-refractivity contribution >= 4 is 23.2 Å². The van der Waals surface area contributed by atoms with Crippen LogP contribution in [0, 0.1) is 12.8 Å². The van der Waals surface area contributed by atoms with Gasteiger partial charge in [0.2, 0.25) is 5.91 Å². The summed E-state index contributed by atoms with van der Waals surface area (Å²) in [6.07, 6.45) is 1.72. The number of hydrogen-bond donors (Lipinski definition) is 1. The molecule has 4 nitrogen and oxygen atoms in total. The Hall–Kier alpha value is -2.17. The number of carbonyl (C=O) groups excluding carboxylic acids is 1. The molecule has 1 amide bonds. The Balaban J connectivity index is 1.47. The first-order chi connectivity index (χ1) is 13.0. The number of hydrazone groups is 1. The fraction of sp³-hybridized carbons (Fsp3) is 0.364. The minimum absolute atomic E-state index is 0.0209. The highest BCUT2D eigenvalue weighted by Gasteiger charge is 2.24. The summed E-state index contributed by atoms with van der Waals surface area (Å²) >= 11 is 5.94. The first-order valence-electron chi connectivity index (χ1n) is 9.39. The van der Waals surface area contributed by atoms with Crippen LogP contribution >= 0.6 is 11.6 Å². The van der Waals surface area contributed by atoms with E-state index in [1.165, 1.54) is 11.1 Å². The van der Waals surface area contributed by atoms with Crippen molar-refractivity contribution in [3.8, 4) is 0 Å². The normalized spacial score (nSPS) is 16.3. The smallest absolute Gasteiger partial charge is 0.243 e. The lowest BCUT2D eigenvalue weighted by molar-refractivity contribution is -0.126. The molecule has 3 rings (SSSR count). The number of benzene rings is 2. The first-order valence-corrected chi connectivity index (χ1v) is 9.77. The molecular weight excluding hydrogens is 358 g/mol. The second kappa shape index (κ2) is 9.16. The Morgan fingerprint density at radius 1 is 1.11 bits per heavy atom. The Morgan fingerprint density at radius 2 is 1.74 bits per heavy atom. The molecule has 1 aliphatic heterocycles. The van der Waals surface area contributed by atoms with E-state index in [4.69, 9.17) is 11.6 Å². The number of rotatable bonds is 5. The van der Waals surface area contributed by atoms with Gasteiger partial charge < -0.3 is 0 Å². The van der Waals surface area contributed by atoms with Gasteiger partial charge in [-0.2, -0.15) is 5.10 Å². The van der Waals surface area contributed by atoms with Crippen LogP contribution in [0.2, 0.25) is 5.02 Å². The molecule has 5 heteroatoms. The van der Waals surface area contributed by atoms with E-state index in [0.29, 0.717) is 0 Å². The van der Waals surface area contributed by atoms with Gasteiger partial charge >= 0.3 is 0 Å². The third kappa shape index (κ3) is 5.65. The number of halogens is 1. The lowest BCUT2D eigenvalue weighted by Crippen LogP contribution is -2.39. The molecule has 0 radical (unpaired) electrons. The van der Waals surface area contributed by atoms with Gasteiger partial charge in [0, 0.05) is 17.5 Å². The molecule has 0 aromatic heterocycles. The fourth-order valence-electron chi connectivity index (χ4n) is 3.29. The largest absolute Gasteiger partial charge is 0.299 e. The van der Waals surface area contributed by atoms with Crippen LogP contribution in [-0.4, -0.2) is 29.6 Å². The third-order valence-electron chi connectivity index (χ3n) is 5.08. The van der Waals surface area contributed by atoms with Gasteiger partial charge in [0.25, 0.3) is 0 Å². The maximum absolute atomic E-state index is 12.4. The molecule has 0 atom stereocenters. The average molecular weight is 384 g/mol. The predicted molar refractivity (Wildman–Crippen MR) is 111 cm³/mol. The Morgan fingerprint density at radius 3 is 2.37 bits per heavy atom. The van der Waals surface area contributed by atoms with E-state index in [0.717, 1.165) is 48.8 Å². The number of amides is 1. The summed E-state index contributed by atoms with van der Waals surface area (Å²) in [4.78, 5) is 14.8. The van der Waals surface area contributed by atoms with Gasteiger partial charge in [-0.15, -0.1) is 0 Å². The van der Waals surface area contributed by atoms with Crippen molar-refractivity contribution in [3.05, 3.63) is 70.2 Å². The van der Waals surface area contributed by atoms with Crippen molar-refractivity contribution in [2.45, 2.75) is 33.2 Å². The van der Waals surface area contributed by atoms with Crippen LogP contribution < -0.4 is 5.43 Å². The monoisotopic (exact) mass is 383 g/mol. The Bertz CT molecular complexity index is 791. The molecule has 2 aromatic carbocycles. The Kier molecular flexibility index (Phi) is 6.64. The van der Waals surface area contributed by atoms with Crippen molar-refractivity contribution in [2.75, 3.05) is 13.1 Å². The highest BCUT2D eigenvalue weighted by molar-refractivity contribution is 6.30. The summed E-state index contributed by atoms with van der Waals surface area (Å²) in [7, 11) is 0. The van der Waals surface area contributed by atoms with Crippen LogP contribution in [0.25, 0.3) is 0 Å². The molecule has 142 valence electrons. The molecule has 0 bridgehead atoms. The molecule has 1 aliphatic rings. The number of carbonyl (C=O) groups is 1. The van der Waals surface area contributed by atoms with Gasteiger partial charge in [-0.1, -0.05) is 53.6 Å². The standard InChI is InChI=1S/C22H26ClN3O/c1-16-3-7-19(8-4-16)17(2)24-25-22(27)20-11-13-26(14-12-20)15-18-5-9-21(23)10-6-18/h3-10,20H,11-15H2,1-2H3,(H,25,27)/b24-17-. The summed E-state index contributed by atoms with van der Waals surface area (Å²) in [5, 5.41) is 5.05. The van der Waals surface area contributed by atoms with Crippen molar-refractivity contribution < 1.29 is 4.79 Å². The van der Waals surface area contributed by atoms with Gasteiger partial charge in [-0.05, 0) is 63.0 Å². The van der Waals surface area contributed by atoms with E-state index in [9.17, 15) is 4.79 Å². The molecule has 0 aliphatic carbocycles. The van der Waals surface area contributed by atoms with E-state index in [1.807, 2.05) is 43.3 Å². The number of aryl methyl sites for hydroxylation is 1. The number of likely N-dealkylation sites (tertiary alicyclic amines) is 1.